The van der Waals surface area contributed by atoms with Crippen LogP contribution < -0.4 is 15.4 Å². The molecule has 1 fully saturated rings. The second-order valence-electron chi connectivity index (χ2n) is 6.66. The Morgan fingerprint density at radius 1 is 1.42 bits per heavy atom. The number of para-hydroxylation sites is 1. The number of nitrogens with zero attached hydrogens (tertiary/aromatic N) is 1. The fraction of sp³-hybridized carbons (Fsp3) is 0.611. The van der Waals surface area contributed by atoms with Crippen LogP contribution in [-0.4, -0.2) is 43.7 Å². The van der Waals surface area contributed by atoms with E-state index in [0.29, 0.717) is 23.3 Å². The van der Waals surface area contributed by atoms with Gasteiger partial charge in [-0.2, -0.15) is 0 Å². The van der Waals surface area contributed by atoms with Crippen molar-refractivity contribution in [2.24, 2.45) is 5.92 Å². The lowest BCUT2D eigenvalue weighted by Gasteiger charge is -2.27. The number of carbonyl (C=O) groups is 1. The van der Waals surface area contributed by atoms with Crippen LogP contribution in [0.3, 0.4) is 0 Å². The lowest BCUT2D eigenvalue weighted by Crippen LogP contribution is -2.41. The molecule has 2 atom stereocenters. The summed E-state index contributed by atoms with van der Waals surface area (Å²) in [5.74, 6) is 1.25. The van der Waals surface area contributed by atoms with Crippen LogP contribution in [0.1, 0.15) is 37.8 Å². The maximum atomic E-state index is 12.3. The van der Waals surface area contributed by atoms with E-state index < -0.39 is 0 Å². The number of amides is 2. The van der Waals surface area contributed by atoms with Crippen LogP contribution in [-0.2, 0) is 0 Å². The molecule has 0 aliphatic carbocycles. The van der Waals surface area contributed by atoms with Crippen molar-refractivity contribution in [2.45, 2.75) is 32.2 Å². The van der Waals surface area contributed by atoms with Gasteiger partial charge in [0.25, 0.3) is 0 Å². The van der Waals surface area contributed by atoms with Crippen LogP contribution >= 0.6 is 11.6 Å². The molecule has 1 aromatic rings. The molecule has 0 bridgehead atoms. The number of ether oxygens (including phenoxy) is 1. The molecule has 0 saturated carbocycles. The van der Waals surface area contributed by atoms with Gasteiger partial charge in [-0.3, -0.25) is 0 Å². The molecular formula is C18H26ClN3O2. The van der Waals surface area contributed by atoms with Gasteiger partial charge in [0.15, 0.2) is 0 Å². The van der Waals surface area contributed by atoms with Crippen LogP contribution in [0.15, 0.2) is 18.2 Å². The van der Waals surface area contributed by atoms with Crippen LogP contribution in [0.25, 0.3) is 0 Å². The molecule has 132 valence electrons. The Bertz CT molecular complexity index is 581. The molecule has 0 radical (unpaired) electrons. The van der Waals surface area contributed by atoms with E-state index in [1.54, 1.807) is 0 Å². The Morgan fingerprint density at radius 3 is 3.12 bits per heavy atom. The zero-order valence-corrected chi connectivity index (χ0v) is 14.9. The van der Waals surface area contributed by atoms with Crippen molar-refractivity contribution in [1.29, 1.82) is 0 Å². The van der Waals surface area contributed by atoms with Gasteiger partial charge in [-0.15, -0.1) is 0 Å². The molecule has 5 nitrogen and oxygen atoms in total. The molecule has 0 aromatic heterocycles. The Kier molecular flexibility index (Phi) is 5.85. The van der Waals surface area contributed by atoms with E-state index in [4.69, 9.17) is 16.3 Å². The van der Waals surface area contributed by atoms with Crippen molar-refractivity contribution in [3.8, 4) is 5.75 Å². The minimum Gasteiger partial charge on any atom is -0.492 e. The average Bonchev–Trinajstić information content (AvgIpc) is 3.02. The van der Waals surface area contributed by atoms with Gasteiger partial charge in [0.05, 0.1) is 17.7 Å². The van der Waals surface area contributed by atoms with Gasteiger partial charge in [-0.05, 0) is 37.9 Å². The Morgan fingerprint density at radius 2 is 2.29 bits per heavy atom. The highest BCUT2D eigenvalue weighted by atomic mass is 35.5. The monoisotopic (exact) mass is 351 g/mol. The highest BCUT2D eigenvalue weighted by Crippen LogP contribution is 2.37. The number of benzene rings is 1. The van der Waals surface area contributed by atoms with Crippen LogP contribution in [0.4, 0.5) is 4.79 Å². The van der Waals surface area contributed by atoms with E-state index in [0.717, 1.165) is 44.6 Å². The van der Waals surface area contributed by atoms with Gasteiger partial charge in [0.1, 0.15) is 5.75 Å². The fourth-order valence-electron chi connectivity index (χ4n) is 3.58. The van der Waals surface area contributed by atoms with E-state index >= 15 is 0 Å². The van der Waals surface area contributed by atoms with Crippen molar-refractivity contribution < 1.29 is 9.53 Å². The van der Waals surface area contributed by atoms with Crippen LogP contribution in [0.2, 0.25) is 5.02 Å². The predicted octanol–water partition coefficient (Wildman–Crippen LogP) is 3.19. The highest BCUT2D eigenvalue weighted by molar-refractivity contribution is 6.32. The molecule has 2 aliphatic rings. The average molecular weight is 352 g/mol. The molecule has 2 amide bonds. The number of hydrogen-bond donors (Lipinski definition) is 2. The van der Waals surface area contributed by atoms with Crippen molar-refractivity contribution in [1.82, 2.24) is 15.5 Å². The molecule has 2 unspecified atom stereocenters. The summed E-state index contributed by atoms with van der Waals surface area (Å²) in [6.07, 6.45) is 3.11. The number of fused-ring (bicyclic) bond motifs is 1. The Hall–Kier alpha value is -1.46. The van der Waals surface area contributed by atoms with Crippen LogP contribution in [0, 0.1) is 5.92 Å². The number of hydrogen-bond acceptors (Lipinski definition) is 3. The lowest BCUT2D eigenvalue weighted by molar-refractivity contribution is 0.221. The quantitative estimate of drug-likeness (QED) is 0.856. The van der Waals surface area contributed by atoms with Gasteiger partial charge in [0, 0.05) is 25.1 Å². The van der Waals surface area contributed by atoms with Crippen LogP contribution in [0.5, 0.6) is 5.75 Å². The summed E-state index contributed by atoms with van der Waals surface area (Å²) in [6, 6.07) is 5.51. The standard InChI is InChI=1S/C18H26ClN3O2/c1-2-8-22-9-6-13(12-22)11-20-18(23)21-16-7-10-24-17-14(16)4-3-5-15(17)19/h3-5,13,16H,2,6-12H2,1H3,(H2,20,21,23). The van der Waals surface area contributed by atoms with E-state index in [1.165, 1.54) is 6.42 Å². The minimum atomic E-state index is -0.109. The Balaban J connectivity index is 1.49. The summed E-state index contributed by atoms with van der Waals surface area (Å²) in [5, 5.41) is 6.69. The number of carbonyl (C=O) groups excluding carboxylic acids is 1. The molecule has 24 heavy (non-hydrogen) atoms. The maximum absolute atomic E-state index is 12.3. The third-order valence-electron chi connectivity index (χ3n) is 4.79. The normalized spacial score (nSPS) is 23.4. The summed E-state index contributed by atoms with van der Waals surface area (Å²) in [6.45, 7) is 6.89. The first-order chi connectivity index (χ1) is 11.7. The third kappa shape index (κ3) is 4.14. The number of urea groups is 1. The van der Waals surface area contributed by atoms with E-state index in [1.807, 2.05) is 18.2 Å². The SMILES string of the molecule is CCCN1CCC(CNC(=O)NC2CCOc3c(Cl)cccc32)C1. The summed E-state index contributed by atoms with van der Waals surface area (Å²) < 4.78 is 5.63. The summed E-state index contributed by atoms with van der Waals surface area (Å²) in [4.78, 5) is 14.7. The molecule has 2 heterocycles. The summed E-state index contributed by atoms with van der Waals surface area (Å²) >= 11 is 6.17. The van der Waals surface area contributed by atoms with E-state index in [2.05, 4.69) is 22.5 Å². The molecule has 1 saturated heterocycles. The fourth-order valence-corrected chi connectivity index (χ4v) is 3.82. The molecule has 6 heteroatoms. The van der Waals surface area contributed by atoms with Crippen molar-refractivity contribution >= 4 is 17.6 Å². The number of halogens is 1. The third-order valence-corrected chi connectivity index (χ3v) is 5.09. The Labute approximate surface area is 148 Å². The first-order valence-electron chi connectivity index (χ1n) is 8.85. The predicted molar refractivity (Wildman–Crippen MR) is 95.7 cm³/mol. The van der Waals surface area contributed by atoms with Gasteiger partial charge in [-0.1, -0.05) is 30.7 Å². The lowest BCUT2D eigenvalue weighted by atomic mass is 10.0. The number of rotatable bonds is 5. The second-order valence-corrected chi connectivity index (χ2v) is 7.06. The molecule has 2 N–H and O–H groups in total. The van der Waals surface area contributed by atoms with Crippen molar-refractivity contribution in [3.05, 3.63) is 28.8 Å². The van der Waals surface area contributed by atoms with Gasteiger partial charge >= 0.3 is 6.03 Å². The van der Waals surface area contributed by atoms with E-state index in [-0.39, 0.29) is 12.1 Å². The molecule has 1 aromatic carbocycles. The van der Waals surface area contributed by atoms with Crippen molar-refractivity contribution in [2.75, 3.05) is 32.8 Å². The van der Waals surface area contributed by atoms with Gasteiger partial charge < -0.3 is 20.3 Å². The highest BCUT2D eigenvalue weighted by Gasteiger charge is 2.26. The van der Waals surface area contributed by atoms with Gasteiger partial charge in [-0.25, -0.2) is 4.79 Å². The second kappa shape index (κ2) is 8.08. The zero-order chi connectivity index (χ0) is 16.9. The minimum absolute atomic E-state index is 0.0485. The first-order valence-corrected chi connectivity index (χ1v) is 9.23. The molecule has 2 aliphatic heterocycles. The van der Waals surface area contributed by atoms with Crippen molar-refractivity contribution in [3.63, 3.8) is 0 Å². The molecular weight excluding hydrogens is 326 g/mol. The number of likely N-dealkylation sites (tertiary alicyclic amines) is 1. The number of nitrogens with one attached hydrogen (secondary N) is 2. The smallest absolute Gasteiger partial charge is 0.315 e. The maximum Gasteiger partial charge on any atom is 0.315 e. The molecule has 0 spiro atoms. The van der Waals surface area contributed by atoms with Gasteiger partial charge in [0.2, 0.25) is 0 Å². The largest absolute Gasteiger partial charge is 0.492 e. The topological polar surface area (TPSA) is 53.6 Å². The van der Waals surface area contributed by atoms with E-state index in [9.17, 15) is 4.79 Å². The summed E-state index contributed by atoms with van der Waals surface area (Å²) in [7, 11) is 0. The zero-order valence-electron chi connectivity index (χ0n) is 14.2. The first kappa shape index (κ1) is 17.4. The summed E-state index contributed by atoms with van der Waals surface area (Å²) in [5.41, 5.74) is 0.957. The molecule has 3 rings (SSSR count).